The number of rotatable bonds is 5. The second-order valence-corrected chi connectivity index (χ2v) is 4.91. The molecule has 1 aliphatic rings. The fraction of sp³-hybridized carbons (Fsp3) is 0.571. The molecule has 17 heavy (non-hydrogen) atoms. The van der Waals surface area contributed by atoms with Crippen LogP contribution in [0.5, 0.6) is 5.75 Å². The molecule has 0 N–H and O–H groups in total. The average Bonchev–Trinajstić information content (AvgIpc) is 3.10. The van der Waals surface area contributed by atoms with E-state index in [-0.39, 0.29) is 0 Å². The summed E-state index contributed by atoms with van der Waals surface area (Å²) in [5, 5.41) is 0.861. The van der Waals surface area contributed by atoms with Crippen LogP contribution in [-0.4, -0.2) is 19.3 Å². The Labute approximate surface area is 108 Å². The third-order valence-electron chi connectivity index (χ3n) is 3.19. The third kappa shape index (κ3) is 2.93. The number of ether oxygens (including phenoxy) is 2. The van der Waals surface area contributed by atoms with Gasteiger partial charge in [0.1, 0.15) is 5.75 Å². The van der Waals surface area contributed by atoms with E-state index >= 15 is 0 Å². The van der Waals surface area contributed by atoms with Crippen LogP contribution < -0.4 is 4.74 Å². The van der Waals surface area contributed by atoms with Gasteiger partial charge in [0.2, 0.25) is 0 Å². The van der Waals surface area contributed by atoms with Gasteiger partial charge in [0.15, 0.2) is 0 Å². The van der Waals surface area contributed by atoms with Gasteiger partial charge in [-0.1, -0.05) is 11.6 Å². The van der Waals surface area contributed by atoms with Crippen LogP contribution in [0.15, 0.2) is 6.07 Å². The maximum atomic E-state index is 6.30. The molecule has 0 aliphatic carbocycles. The summed E-state index contributed by atoms with van der Waals surface area (Å²) in [5.74, 6) is 0.979. The zero-order chi connectivity index (χ0) is 12.4. The highest BCUT2D eigenvalue weighted by atomic mass is 35.5. The number of hydrogen-bond donors (Lipinski definition) is 0. The lowest BCUT2D eigenvalue weighted by Gasteiger charge is -2.16. The van der Waals surface area contributed by atoms with Crippen molar-refractivity contribution in [3.63, 3.8) is 0 Å². The average molecular weight is 255 g/mol. The first kappa shape index (κ1) is 12.7. The Morgan fingerprint density at radius 1 is 1.47 bits per heavy atom. The molecule has 0 spiro atoms. The van der Waals surface area contributed by atoms with E-state index in [1.165, 1.54) is 5.56 Å². The minimum absolute atomic E-state index is 0.448. The van der Waals surface area contributed by atoms with Gasteiger partial charge in [0.25, 0.3) is 0 Å². The fourth-order valence-electron chi connectivity index (χ4n) is 2.10. The standard InChI is InChI=1S/C14H19ClO2/c1-4-16-13-7-9(2)14(15)10(3)12(13)6-5-11-8-17-11/h7,11H,4-6,8H2,1-3H3. The van der Waals surface area contributed by atoms with Crippen LogP contribution in [0, 0.1) is 13.8 Å². The summed E-state index contributed by atoms with van der Waals surface area (Å²) in [6.07, 6.45) is 2.48. The number of aryl methyl sites for hydroxylation is 1. The molecular formula is C14H19ClO2. The summed E-state index contributed by atoms with van der Waals surface area (Å²) in [6, 6.07) is 2.04. The van der Waals surface area contributed by atoms with Crippen molar-refractivity contribution < 1.29 is 9.47 Å². The normalized spacial score (nSPS) is 18.2. The first-order valence-electron chi connectivity index (χ1n) is 6.16. The molecule has 0 aromatic heterocycles. The van der Waals surface area contributed by atoms with Gasteiger partial charge in [-0.15, -0.1) is 0 Å². The van der Waals surface area contributed by atoms with Crippen molar-refractivity contribution >= 4 is 11.6 Å². The van der Waals surface area contributed by atoms with Gasteiger partial charge in [-0.25, -0.2) is 0 Å². The molecule has 0 saturated carbocycles. The molecule has 3 heteroatoms. The van der Waals surface area contributed by atoms with E-state index in [1.807, 2.05) is 19.9 Å². The predicted octanol–water partition coefficient (Wildman–Crippen LogP) is 3.69. The van der Waals surface area contributed by atoms with Crippen LogP contribution in [0.4, 0.5) is 0 Å². The SMILES string of the molecule is CCOc1cc(C)c(Cl)c(C)c1CCC1CO1. The summed E-state index contributed by atoms with van der Waals surface area (Å²) in [7, 11) is 0. The highest BCUT2D eigenvalue weighted by Crippen LogP contribution is 2.33. The molecule has 1 unspecified atom stereocenters. The number of benzene rings is 1. The van der Waals surface area contributed by atoms with Gasteiger partial charge in [0.05, 0.1) is 19.3 Å². The minimum atomic E-state index is 0.448. The van der Waals surface area contributed by atoms with Crippen LogP contribution in [0.25, 0.3) is 0 Å². The van der Waals surface area contributed by atoms with Crippen LogP contribution >= 0.6 is 11.6 Å². The Morgan fingerprint density at radius 2 is 2.18 bits per heavy atom. The van der Waals surface area contributed by atoms with E-state index in [4.69, 9.17) is 21.1 Å². The summed E-state index contributed by atoms with van der Waals surface area (Å²) < 4.78 is 11.0. The van der Waals surface area contributed by atoms with Crippen LogP contribution in [0.3, 0.4) is 0 Å². The molecule has 1 atom stereocenters. The Morgan fingerprint density at radius 3 is 2.76 bits per heavy atom. The maximum Gasteiger partial charge on any atom is 0.123 e. The van der Waals surface area contributed by atoms with Crippen molar-refractivity contribution in [1.29, 1.82) is 0 Å². The molecule has 1 fully saturated rings. The smallest absolute Gasteiger partial charge is 0.123 e. The zero-order valence-corrected chi connectivity index (χ0v) is 11.4. The van der Waals surface area contributed by atoms with Gasteiger partial charge < -0.3 is 9.47 Å². The lowest BCUT2D eigenvalue weighted by molar-refractivity contribution is 0.334. The largest absolute Gasteiger partial charge is 0.494 e. The van der Waals surface area contributed by atoms with Crippen molar-refractivity contribution in [3.05, 3.63) is 27.8 Å². The first-order valence-corrected chi connectivity index (χ1v) is 6.54. The van der Waals surface area contributed by atoms with Crippen molar-refractivity contribution in [2.75, 3.05) is 13.2 Å². The van der Waals surface area contributed by atoms with Crippen molar-refractivity contribution in [2.24, 2.45) is 0 Å². The second kappa shape index (κ2) is 5.28. The molecule has 0 radical (unpaired) electrons. The lowest BCUT2D eigenvalue weighted by atomic mass is 9.99. The summed E-state index contributed by atoms with van der Waals surface area (Å²) in [6.45, 7) is 7.69. The number of hydrogen-bond acceptors (Lipinski definition) is 2. The second-order valence-electron chi connectivity index (χ2n) is 4.54. The Bertz CT molecular complexity index is 411. The Hall–Kier alpha value is -0.730. The summed E-state index contributed by atoms with van der Waals surface area (Å²) in [5.41, 5.74) is 3.47. The zero-order valence-electron chi connectivity index (χ0n) is 10.7. The van der Waals surface area contributed by atoms with Gasteiger partial charge in [-0.05, 0) is 56.4 Å². The molecule has 1 heterocycles. The fourth-order valence-corrected chi connectivity index (χ4v) is 2.26. The van der Waals surface area contributed by atoms with E-state index in [0.717, 1.165) is 41.3 Å². The van der Waals surface area contributed by atoms with E-state index < -0.39 is 0 Å². The molecule has 2 nitrogen and oxygen atoms in total. The molecule has 1 aromatic rings. The predicted molar refractivity (Wildman–Crippen MR) is 70.2 cm³/mol. The van der Waals surface area contributed by atoms with E-state index in [9.17, 15) is 0 Å². The quantitative estimate of drug-likeness (QED) is 0.748. The van der Waals surface area contributed by atoms with Gasteiger partial charge in [0, 0.05) is 5.02 Å². The van der Waals surface area contributed by atoms with E-state index in [2.05, 4.69) is 6.92 Å². The Balaban J connectivity index is 2.26. The number of halogens is 1. The van der Waals surface area contributed by atoms with Crippen molar-refractivity contribution in [3.8, 4) is 5.75 Å². The van der Waals surface area contributed by atoms with Crippen molar-refractivity contribution in [1.82, 2.24) is 0 Å². The van der Waals surface area contributed by atoms with E-state index in [0.29, 0.717) is 12.7 Å². The van der Waals surface area contributed by atoms with Gasteiger partial charge >= 0.3 is 0 Å². The highest BCUT2D eigenvalue weighted by molar-refractivity contribution is 6.32. The van der Waals surface area contributed by atoms with Crippen LogP contribution in [-0.2, 0) is 11.2 Å². The first-order chi connectivity index (χ1) is 8.13. The summed E-state index contributed by atoms with van der Waals surface area (Å²) in [4.78, 5) is 0. The monoisotopic (exact) mass is 254 g/mol. The molecule has 1 aliphatic heterocycles. The third-order valence-corrected chi connectivity index (χ3v) is 3.77. The van der Waals surface area contributed by atoms with Crippen LogP contribution in [0.2, 0.25) is 5.02 Å². The summed E-state index contributed by atoms with van der Waals surface area (Å²) >= 11 is 6.30. The molecule has 2 rings (SSSR count). The molecule has 1 saturated heterocycles. The van der Waals surface area contributed by atoms with Gasteiger partial charge in [-0.3, -0.25) is 0 Å². The highest BCUT2D eigenvalue weighted by Gasteiger charge is 2.23. The molecule has 0 bridgehead atoms. The van der Waals surface area contributed by atoms with E-state index in [1.54, 1.807) is 0 Å². The topological polar surface area (TPSA) is 21.8 Å². The molecule has 94 valence electrons. The molecular weight excluding hydrogens is 236 g/mol. The van der Waals surface area contributed by atoms with Gasteiger partial charge in [-0.2, -0.15) is 0 Å². The maximum absolute atomic E-state index is 6.30. The lowest BCUT2D eigenvalue weighted by Crippen LogP contribution is -2.02. The van der Waals surface area contributed by atoms with Crippen molar-refractivity contribution in [2.45, 2.75) is 39.7 Å². The van der Waals surface area contributed by atoms with Crippen LogP contribution in [0.1, 0.15) is 30.0 Å². The molecule has 1 aromatic carbocycles. The molecule has 0 amide bonds. The number of epoxide rings is 1. The minimum Gasteiger partial charge on any atom is -0.494 e. The Kier molecular flexibility index (Phi) is 3.95.